The van der Waals surface area contributed by atoms with Crippen molar-refractivity contribution in [2.75, 3.05) is 12.5 Å². The van der Waals surface area contributed by atoms with Crippen molar-refractivity contribution in [1.29, 1.82) is 0 Å². The SMILES string of the molecule is COc1cc2nc(C)c(C)c(NN)c2cc1Cl. The maximum Gasteiger partial charge on any atom is 0.139 e. The standard InChI is InChI=1S/C12H14ClN3O/c1-6-7(2)15-10-5-11(17-3)9(13)4-8(10)12(6)16-14/h4-5H,14H2,1-3H3,(H,15,16). The van der Waals surface area contributed by atoms with Gasteiger partial charge in [0, 0.05) is 17.1 Å². The normalized spacial score (nSPS) is 10.6. The largest absolute Gasteiger partial charge is 0.495 e. The van der Waals surface area contributed by atoms with Gasteiger partial charge in [-0.25, -0.2) is 0 Å². The molecule has 1 aromatic heterocycles. The maximum atomic E-state index is 6.10. The van der Waals surface area contributed by atoms with E-state index in [0.717, 1.165) is 27.8 Å². The van der Waals surface area contributed by atoms with Crippen LogP contribution in [0.5, 0.6) is 5.75 Å². The predicted octanol–water partition coefficient (Wildman–Crippen LogP) is 2.80. The molecule has 0 aliphatic carbocycles. The molecule has 5 heteroatoms. The first-order valence-corrected chi connectivity index (χ1v) is 5.57. The minimum Gasteiger partial charge on any atom is -0.495 e. The van der Waals surface area contributed by atoms with Gasteiger partial charge in [-0.1, -0.05) is 11.6 Å². The van der Waals surface area contributed by atoms with Crippen molar-refractivity contribution in [2.45, 2.75) is 13.8 Å². The van der Waals surface area contributed by atoms with Crippen LogP contribution in [-0.4, -0.2) is 12.1 Å². The highest BCUT2D eigenvalue weighted by molar-refractivity contribution is 6.33. The Morgan fingerprint density at radius 2 is 2.06 bits per heavy atom. The lowest BCUT2D eigenvalue weighted by Crippen LogP contribution is -2.10. The summed E-state index contributed by atoms with van der Waals surface area (Å²) in [5.41, 5.74) is 6.30. The van der Waals surface area contributed by atoms with Gasteiger partial charge in [-0.05, 0) is 25.5 Å². The van der Waals surface area contributed by atoms with Crippen molar-refractivity contribution in [2.24, 2.45) is 5.84 Å². The van der Waals surface area contributed by atoms with Gasteiger partial charge < -0.3 is 10.2 Å². The van der Waals surface area contributed by atoms with Crippen molar-refractivity contribution >= 4 is 28.2 Å². The first-order valence-electron chi connectivity index (χ1n) is 5.19. The van der Waals surface area contributed by atoms with Crippen molar-refractivity contribution in [3.05, 3.63) is 28.4 Å². The summed E-state index contributed by atoms with van der Waals surface area (Å²) in [6, 6.07) is 3.62. The van der Waals surface area contributed by atoms with Crippen LogP contribution in [0.15, 0.2) is 12.1 Å². The third kappa shape index (κ3) is 1.90. The van der Waals surface area contributed by atoms with Crippen LogP contribution in [0.3, 0.4) is 0 Å². The number of aryl methyl sites for hydroxylation is 1. The summed E-state index contributed by atoms with van der Waals surface area (Å²) in [7, 11) is 1.58. The molecule has 0 saturated heterocycles. The van der Waals surface area contributed by atoms with E-state index in [0.29, 0.717) is 10.8 Å². The Hall–Kier alpha value is -1.52. The molecule has 0 amide bonds. The molecule has 1 heterocycles. The summed E-state index contributed by atoms with van der Waals surface area (Å²) in [6.07, 6.45) is 0. The van der Waals surface area contributed by atoms with Crippen molar-refractivity contribution in [3.63, 3.8) is 0 Å². The lowest BCUT2D eigenvalue weighted by Gasteiger charge is -2.13. The van der Waals surface area contributed by atoms with Crippen molar-refractivity contribution < 1.29 is 4.74 Å². The lowest BCUT2D eigenvalue weighted by atomic mass is 10.1. The Bertz CT molecular complexity index is 584. The molecule has 2 aromatic rings. The number of anilines is 1. The van der Waals surface area contributed by atoms with Gasteiger partial charge in [0.05, 0.1) is 23.3 Å². The molecule has 1 aromatic carbocycles. The van der Waals surface area contributed by atoms with Crippen LogP contribution in [0, 0.1) is 13.8 Å². The van der Waals surface area contributed by atoms with E-state index in [-0.39, 0.29) is 0 Å². The zero-order chi connectivity index (χ0) is 12.6. The summed E-state index contributed by atoms with van der Waals surface area (Å²) in [6.45, 7) is 3.91. The van der Waals surface area contributed by atoms with Gasteiger partial charge in [0.1, 0.15) is 5.75 Å². The summed E-state index contributed by atoms with van der Waals surface area (Å²) < 4.78 is 5.17. The van der Waals surface area contributed by atoms with Crippen LogP contribution >= 0.6 is 11.6 Å². The molecular weight excluding hydrogens is 238 g/mol. The molecule has 17 heavy (non-hydrogen) atoms. The molecule has 0 spiro atoms. The lowest BCUT2D eigenvalue weighted by molar-refractivity contribution is 0.415. The number of pyridine rings is 1. The Labute approximate surface area is 105 Å². The number of nitrogen functional groups attached to an aromatic ring is 1. The van der Waals surface area contributed by atoms with E-state index in [1.165, 1.54) is 0 Å². The zero-order valence-corrected chi connectivity index (χ0v) is 10.7. The Kier molecular flexibility index (Phi) is 3.09. The summed E-state index contributed by atoms with van der Waals surface area (Å²) in [4.78, 5) is 4.50. The number of hydrogen-bond acceptors (Lipinski definition) is 4. The highest BCUT2D eigenvalue weighted by Gasteiger charge is 2.11. The van der Waals surface area contributed by atoms with E-state index in [1.54, 1.807) is 7.11 Å². The molecule has 3 N–H and O–H groups in total. The van der Waals surface area contributed by atoms with Crippen LogP contribution in [-0.2, 0) is 0 Å². The molecular formula is C12H14ClN3O. The minimum absolute atomic E-state index is 0.543. The topological polar surface area (TPSA) is 60.2 Å². The highest BCUT2D eigenvalue weighted by Crippen LogP contribution is 2.34. The van der Waals surface area contributed by atoms with E-state index in [9.17, 15) is 0 Å². The number of ether oxygens (including phenoxy) is 1. The number of nitrogens with one attached hydrogen (secondary N) is 1. The van der Waals surface area contributed by atoms with Crippen LogP contribution in [0.25, 0.3) is 10.9 Å². The second kappa shape index (κ2) is 4.39. The molecule has 0 aliphatic heterocycles. The fraction of sp³-hybridized carbons (Fsp3) is 0.250. The molecule has 0 radical (unpaired) electrons. The van der Waals surface area contributed by atoms with E-state index in [1.807, 2.05) is 26.0 Å². The number of hydrogen-bond donors (Lipinski definition) is 2. The predicted molar refractivity (Wildman–Crippen MR) is 70.6 cm³/mol. The average molecular weight is 252 g/mol. The van der Waals surface area contributed by atoms with E-state index >= 15 is 0 Å². The van der Waals surface area contributed by atoms with Gasteiger partial charge >= 0.3 is 0 Å². The minimum atomic E-state index is 0.543. The Morgan fingerprint density at radius 3 is 2.65 bits per heavy atom. The first-order chi connectivity index (χ1) is 8.08. The molecule has 0 fully saturated rings. The molecule has 0 bridgehead atoms. The number of hydrazine groups is 1. The van der Waals surface area contributed by atoms with Crippen molar-refractivity contribution in [1.82, 2.24) is 4.98 Å². The number of nitrogens with two attached hydrogens (primary N) is 1. The second-order valence-corrected chi connectivity index (χ2v) is 4.25. The van der Waals surface area contributed by atoms with Crippen LogP contribution in [0.4, 0.5) is 5.69 Å². The van der Waals surface area contributed by atoms with Crippen LogP contribution in [0.1, 0.15) is 11.3 Å². The highest BCUT2D eigenvalue weighted by atomic mass is 35.5. The molecule has 90 valence electrons. The van der Waals surface area contributed by atoms with Crippen molar-refractivity contribution in [3.8, 4) is 5.75 Å². The fourth-order valence-electron chi connectivity index (χ4n) is 1.83. The molecule has 0 saturated carbocycles. The number of nitrogens with zero attached hydrogens (tertiary/aromatic N) is 1. The number of aromatic nitrogens is 1. The van der Waals surface area contributed by atoms with E-state index < -0.39 is 0 Å². The number of rotatable bonds is 2. The summed E-state index contributed by atoms with van der Waals surface area (Å²) in [5.74, 6) is 6.16. The molecule has 2 rings (SSSR count). The maximum absolute atomic E-state index is 6.10. The average Bonchev–Trinajstić information content (AvgIpc) is 2.31. The van der Waals surface area contributed by atoms with Gasteiger partial charge in [-0.15, -0.1) is 0 Å². The van der Waals surface area contributed by atoms with Gasteiger partial charge in [0.2, 0.25) is 0 Å². The molecule has 0 aliphatic rings. The smallest absolute Gasteiger partial charge is 0.139 e. The third-order valence-corrected chi connectivity index (χ3v) is 3.19. The molecule has 0 unspecified atom stereocenters. The summed E-state index contributed by atoms with van der Waals surface area (Å²) in [5, 5.41) is 1.43. The first kappa shape index (κ1) is 12.0. The molecule has 0 atom stereocenters. The third-order valence-electron chi connectivity index (χ3n) is 2.89. The fourth-order valence-corrected chi connectivity index (χ4v) is 2.07. The number of benzene rings is 1. The Morgan fingerprint density at radius 1 is 1.35 bits per heavy atom. The van der Waals surface area contributed by atoms with Crippen LogP contribution < -0.4 is 16.0 Å². The monoisotopic (exact) mass is 251 g/mol. The van der Waals surface area contributed by atoms with Gasteiger partial charge in [0.25, 0.3) is 0 Å². The van der Waals surface area contributed by atoms with Gasteiger partial charge in [-0.2, -0.15) is 0 Å². The summed E-state index contributed by atoms with van der Waals surface area (Å²) >= 11 is 6.10. The van der Waals surface area contributed by atoms with Gasteiger partial charge in [0.15, 0.2) is 0 Å². The second-order valence-electron chi connectivity index (χ2n) is 3.85. The zero-order valence-electron chi connectivity index (χ0n) is 9.97. The van der Waals surface area contributed by atoms with Crippen LogP contribution in [0.2, 0.25) is 5.02 Å². The number of fused-ring (bicyclic) bond motifs is 1. The Balaban J connectivity index is 2.86. The number of methoxy groups -OCH3 is 1. The molecule has 4 nitrogen and oxygen atoms in total. The van der Waals surface area contributed by atoms with Gasteiger partial charge in [-0.3, -0.25) is 10.8 Å². The van der Waals surface area contributed by atoms with E-state index in [4.69, 9.17) is 22.2 Å². The number of halogens is 1. The quantitative estimate of drug-likeness (QED) is 0.637. The van der Waals surface area contributed by atoms with E-state index in [2.05, 4.69) is 10.4 Å².